The van der Waals surface area contributed by atoms with Crippen molar-refractivity contribution in [3.05, 3.63) is 61.0 Å². The Morgan fingerprint density at radius 2 is 2.04 bits per heavy atom. The third-order valence-electron chi connectivity index (χ3n) is 3.17. The van der Waals surface area contributed by atoms with Gasteiger partial charge in [0.2, 0.25) is 0 Å². The number of hydrogen-bond acceptors (Lipinski definition) is 3. The first kappa shape index (κ1) is 18.5. The lowest BCUT2D eigenvalue weighted by Crippen LogP contribution is -2.14. The molecule has 0 aliphatic heterocycles. The van der Waals surface area contributed by atoms with Crippen LogP contribution in [0.3, 0.4) is 0 Å². The van der Waals surface area contributed by atoms with Gasteiger partial charge in [-0.1, -0.05) is 33.6 Å². The van der Waals surface area contributed by atoms with Crippen molar-refractivity contribution >= 4 is 61.1 Å². The molecular formula is C17H11Br2ClN2O2. The van der Waals surface area contributed by atoms with Gasteiger partial charge in [0.05, 0.1) is 4.47 Å². The molecule has 0 spiro atoms. The maximum atomic E-state index is 12.3. The summed E-state index contributed by atoms with van der Waals surface area (Å²) in [5.74, 6) is -0.643. The molecule has 4 nitrogen and oxygen atoms in total. The summed E-state index contributed by atoms with van der Waals surface area (Å²) in [6.07, 6.45) is 1.32. The highest BCUT2D eigenvalue weighted by Gasteiger charge is 2.13. The van der Waals surface area contributed by atoms with Crippen LogP contribution in [0.5, 0.6) is 5.75 Å². The van der Waals surface area contributed by atoms with Crippen LogP contribution in [-0.4, -0.2) is 11.0 Å². The first-order valence-electron chi connectivity index (χ1n) is 6.69. The van der Waals surface area contributed by atoms with Crippen LogP contribution in [0, 0.1) is 18.3 Å². The molecule has 0 heterocycles. The van der Waals surface area contributed by atoms with E-state index in [0.29, 0.717) is 25.2 Å². The number of phenols is 1. The summed E-state index contributed by atoms with van der Waals surface area (Å²) < 4.78 is 1.15. The molecule has 0 radical (unpaired) electrons. The Labute approximate surface area is 161 Å². The van der Waals surface area contributed by atoms with E-state index in [1.165, 1.54) is 6.08 Å². The fraction of sp³-hybridized carbons (Fsp3) is 0.0588. The number of carbonyl (C=O) groups is 1. The fourth-order valence-corrected chi connectivity index (χ4v) is 3.35. The molecule has 0 aromatic heterocycles. The predicted molar refractivity (Wildman–Crippen MR) is 102 cm³/mol. The second kappa shape index (κ2) is 7.84. The van der Waals surface area contributed by atoms with Gasteiger partial charge in [-0.15, -0.1) is 0 Å². The Morgan fingerprint density at radius 1 is 1.33 bits per heavy atom. The normalized spacial score (nSPS) is 11.0. The van der Waals surface area contributed by atoms with E-state index < -0.39 is 5.91 Å². The molecule has 0 unspecified atom stereocenters. The van der Waals surface area contributed by atoms with E-state index in [9.17, 15) is 15.2 Å². The minimum Gasteiger partial charge on any atom is -0.506 e. The molecule has 1 amide bonds. The van der Waals surface area contributed by atoms with E-state index in [-0.39, 0.29) is 11.3 Å². The van der Waals surface area contributed by atoms with Gasteiger partial charge in [-0.2, -0.15) is 5.26 Å². The van der Waals surface area contributed by atoms with Crippen molar-refractivity contribution in [1.82, 2.24) is 0 Å². The van der Waals surface area contributed by atoms with Crippen LogP contribution in [0.4, 0.5) is 5.69 Å². The third kappa shape index (κ3) is 4.38. The topological polar surface area (TPSA) is 73.1 Å². The number of hydrogen-bond donors (Lipinski definition) is 2. The van der Waals surface area contributed by atoms with E-state index >= 15 is 0 Å². The lowest BCUT2D eigenvalue weighted by atomic mass is 10.1. The predicted octanol–water partition coefficient (Wildman–Crippen LogP) is 5.42. The quantitative estimate of drug-likeness (QED) is 0.464. The van der Waals surface area contributed by atoms with Crippen molar-refractivity contribution in [2.75, 3.05) is 5.32 Å². The van der Waals surface area contributed by atoms with Gasteiger partial charge in [-0.25, -0.2) is 0 Å². The smallest absolute Gasteiger partial charge is 0.266 e. The minimum atomic E-state index is -0.585. The molecule has 0 fully saturated rings. The number of rotatable bonds is 3. The number of aryl methyl sites for hydroxylation is 1. The van der Waals surface area contributed by atoms with Crippen molar-refractivity contribution < 1.29 is 9.90 Å². The number of amides is 1. The zero-order valence-electron chi connectivity index (χ0n) is 12.4. The van der Waals surface area contributed by atoms with Crippen molar-refractivity contribution in [2.45, 2.75) is 6.92 Å². The summed E-state index contributed by atoms with van der Waals surface area (Å²) in [6, 6.07) is 10.2. The lowest BCUT2D eigenvalue weighted by molar-refractivity contribution is -0.112. The van der Waals surface area contributed by atoms with Crippen LogP contribution in [0.2, 0.25) is 5.02 Å². The van der Waals surface area contributed by atoms with E-state index in [2.05, 4.69) is 37.2 Å². The second-order valence-corrected chi connectivity index (χ2v) is 7.12. The number of nitrogens with zero attached hydrogens (tertiary/aromatic N) is 1. The molecule has 122 valence electrons. The number of nitriles is 1. The number of halogens is 3. The van der Waals surface area contributed by atoms with E-state index in [1.807, 2.05) is 13.0 Å². The first-order chi connectivity index (χ1) is 11.3. The molecule has 0 atom stereocenters. The highest BCUT2D eigenvalue weighted by Crippen LogP contribution is 2.33. The van der Waals surface area contributed by atoms with Crippen molar-refractivity contribution in [3.63, 3.8) is 0 Å². The Hall–Kier alpha value is -1.81. The highest BCUT2D eigenvalue weighted by molar-refractivity contribution is 9.11. The SMILES string of the molecule is Cc1ccc(Cl)cc1NC(=O)/C(C#N)=C/c1cc(Br)cc(Br)c1O. The van der Waals surface area contributed by atoms with Gasteiger partial charge in [-0.05, 0) is 58.8 Å². The average Bonchev–Trinajstić information content (AvgIpc) is 2.52. The van der Waals surface area contributed by atoms with Crippen LogP contribution in [0.1, 0.15) is 11.1 Å². The molecule has 2 N–H and O–H groups in total. The molecule has 2 aromatic carbocycles. The molecule has 2 rings (SSSR count). The number of carbonyl (C=O) groups excluding carboxylic acids is 1. The van der Waals surface area contributed by atoms with Crippen molar-refractivity contribution in [1.29, 1.82) is 5.26 Å². The number of nitrogens with one attached hydrogen (secondary N) is 1. The average molecular weight is 471 g/mol. The number of benzene rings is 2. The third-order valence-corrected chi connectivity index (χ3v) is 4.47. The van der Waals surface area contributed by atoms with E-state index in [0.717, 1.165) is 5.56 Å². The molecule has 2 aromatic rings. The van der Waals surface area contributed by atoms with Crippen molar-refractivity contribution in [3.8, 4) is 11.8 Å². The summed E-state index contributed by atoms with van der Waals surface area (Å²) in [4.78, 5) is 12.3. The standard InChI is InChI=1S/C17H11Br2ClN2O2/c1-9-2-3-13(20)7-15(9)22-17(24)11(8-21)4-10-5-12(18)6-14(19)16(10)23/h2-7,23H,1H3,(H,22,24)/b11-4+. The number of phenolic OH excluding ortho intramolecular Hbond substituents is 1. The number of aromatic hydroxyl groups is 1. The van der Waals surface area contributed by atoms with E-state index in [1.54, 1.807) is 30.3 Å². The van der Waals surface area contributed by atoms with E-state index in [4.69, 9.17) is 11.6 Å². The van der Waals surface area contributed by atoms with Crippen LogP contribution in [-0.2, 0) is 4.79 Å². The van der Waals surface area contributed by atoms with Gasteiger partial charge in [0.1, 0.15) is 17.4 Å². The van der Waals surface area contributed by atoms with Crippen LogP contribution in [0.25, 0.3) is 6.08 Å². The monoisotopic (exact) mass is 468 g/mol. The number of anilines is 1. The van der Waals surface area contributed by atoms with Gasteiger partial charge in [0.15, 0.2) is 0 Å². The second-order valence-electron chi connectivity index (χ2n) is 4.91. The summed E-state index contributed by atoms with van der Waals surface area (Å²) in [6.45, 7) is 1.82. The molecule has 7 heteroatoms. The van der Waals surface area contributed by atoms with Crippen molar-refractivity contribution in [2.24, 2.45) is 0 Å². The summed E-state index contributed by atoms with van der Waals surface area (Å²) in [7, 11) is 0. The Kier molecular flexibility index (Phi) is 6.05. The summed E-state index contributed by atoms with van der Waals surface area (Å²) in [5.41, 5.74) is 1.53. The lowest BCUT2D eigenvalue weighted by Gasteiger charge is -2.09. The molecule has 0 saturated carbocycles. The molecular weight excluding hydrogens is 459 g/mol. The van der Waals surface area contributed by atoms with Crippen LogP contribution < -0.4 is 5.32 Å². The zero-order chi connectivity index (χ0) is 17.9. The molecule has 0 saturated heterocycles. The Morgan fingerprint density at radius 3 is 2.71 bits per heavy atom. The molecule has 0 bridgehead atoms. The van der Waals surface area contributed by atoms with Gasteiger partial charge in [0.25, 0.3) is 5.91 Å². The molecule has 24 heavy (non-hydrogen) atoms. The molecule has 0 aliphatic carbocycles. The maximum Gasteiger partial charge on any atom is 0.266 e. The molecule has 0 aliphatic rings. The Balaban J connectivity index is 2.36. The maximum absolute atomic E-state index is 12.3. The first-order valence-corrected chi connectivity index (χ1v) is 8.65. The zero-order valence-corrected chi connectivity index (χ0v) is 16.3. The van der Waals surface area contributed by atoms with Gasteiger partial charge >= 0.3 is 0 Å². The highest BCUT2D eigenvalue weighted by atomic mass is 79.9. The fourth-order valence-electron chi connectivity index (χ4n) is 1.92. The van der Waals surface area contributed by atoms with Crippen LogP contribution >= 0.6 is 43.5 Å². The Bertz CT molecular complexity index is 889. The largest absolute Gasteiger partial charge is 0.506 e. The summed E-state index contributed by atoms with van der Waals surface area (Å²) >= 11 is 12.4. The minimum absolute atomic E-state index is 0.0577. The van der Waals surface area contributed by atoms with Gasteiger partial charge in [0, 0.05) is 20.7 Å². The van der Waals surface area contributed by atoms with Gasteiger partial charge in [-0.3, -0.25) is 4.79 Å². The van der Waals surface area contributed by atoms with Gasteiger partial charge < -0.3 is 10.4 Å². The summed E-state index contributed by atoms with van der Waals surface area (Å²) in [5, 5.41) is 22.5. The van der Waals surface area contributed by atoms with Crippen LogP contribution in [0.15, 0.2) is 44.9 Å².